The largest absolute Gasteiger partial charge is 0.352 e. The van der Waals surface area contributed by atoms with E-state index in [1.165, 1.54) is 0 Å². The average Bonchev–Trinajstić information content (AvgIpc) is 2.28. The van der Waals surface area contributed by atoms with Crippen molar-refractivity contribution < 1.29 is 0 Å². The third kappa shape index (κ3) is 2.94. The normalized spacial score (nSPS) is 10.5. The van der Waals surface area contributed by atoms with E-state index in [-0.39, 0.29) is 0 Å². The Morgan fingerprint density at radius 3 is 2.28 bits per heavy atom. The lowest BCUT2D eigenvalue weighted by Crippen LogP contribution is -1.99. The molecule has 2 rings (SSSR count). The number of aryl methyl sites for hydroxylation is 2. The number of rotatable bonds is 2. The summed E-state index contributed by atoms with van der Waals surface area (Å²) < 4.78 is 1.04. The number of halogens is 3. The van der Waals surface area contributed by atoms with Gasteiger partial charge in [-0.3, -0.25) is 0 Å². The molecular formula is C12H10BrCl2N3. The predicted molar refractivity (Wildman–Crippen MR) is 79.0 cm³/mol. The summed E-state index contributed by atoms with van der Waals surface area (Å²) >= 11 is 15.2. The van der Waals surface area contributed by atoms with E-state index in [0.717, 1.165) is 21.3 Å². The molecule has 0 fully saturated rings. The molecule has 0 spiro atoms. The summed E-state index contributed by atoms with van der Waals surface area (Å²) in [5.74, 6) is 0. The summed E-state index contributed by atoms with van der Waals surface area (Å²) in [6.07, 6.45) is 0. The number of benzene rings is 1. The molecule has 0 unspecified atom stereocenters. The van der Waals surface area contributed by atoms with Crippen LogP contribution in [0.5, 0.6) is 0 Å². The van der Waals surface area contributed by atoms with Crippen LogP contribution in [0.1, 0.15) is 11.1 Å². The minimum Gasteiger partial charge on any atom is -0.352 e. The summed E-state index contributed by atoms with van der Waals surface area (Å²) in [4.78, 5) is 0. The lowest BCUT2D eigenvalue weighted by Gasteiger charge is -2.14. The second-order valence-electron chi connectivity index (χ2n) is 3.91. The van der Waals surface area contributed by atoms with Gasteiger partial charge in [0, 0.05) is 16.2 Å². The van der Waals surface area contributed by atoms with Crippen molar-refractivity contribution in [2.24, 2.45) is 0 Å². The van der Waals surface area contributed by atoms with Gasteiger partial charge in [0.1, 0.15) is 0 Å². The summed E-state index contributed by atoms with van der Waals surface area (Å²) in [5.41, 5.74) is 3.84. The van der Waals surface area contributed by atoms with Crippen molar-refractivity contribution in [3.05, 3.63) is 44.1 Å². The zero-order valence-corrected chi connectivity index (χ0v) is 12.9. The average molecular weight is 347 g/mol. The minimum absolute atomic E-state index is 0.293. The Morgan fingerprint density at radius 1 is 1.06 bits per heavy atom. The fourth-order valence-corrected chi connectivity index (χ4v) is 2.66. The Hall–Kier alpha value is -0.840. The van der Waals surface area contributed by atoms with Gasteiger partial charge in [0.2, 0.25) is 0 Å². The number of anilines is 2. The highest BCUT2D eigenvalue weighted by molar-refractivity contribution is 9.10. The Morgan fingerprint density at radius 2 is 1.67 bits per heavy atom. The first kappa shape index (κ1) is 13.6. The molecule has 0 aliphatic rings. The Bertz CT molecular complexity index is 579. The third-order valence-corrected chi connectivity index (χ3v) is 3.40. The molecule has 0 aliphatic carbocycles. The first-order valence-corrected chi connectivity index (χ1v) is 6.75. The smallest absolute Gasteiger partial charge is 0.175 e. The molecule has 1 aromatic heterocycles. The molecule has 6 heteroatoms. The third-order valence-electron chi connectivity index (χ3n) is 2.48. The molecule has 1 heterocycles. The van der Waals surface area contributed by atoms with Crippen LogP contribution < -0.4 is 5.32 Å². The molecular weight excluding hydrogens is 337 g/mol. The number of nitrogens with zero attached hydrogens (tertiary/aromatic N) is 2. The molecule has 0 saturated carbocycles. The second kappa shape index (κ2) is 5.43. The van der Waals surface area contributed by atoms with Crippen LogP contribution in [0.25, 0.3) is 0 Å². The predicted octanol–water partition coefficient (Wildman–Crippen LogP) is 4.91. The summed E-state index contributed by atoms with van der Waals surface area (Å²) in [6, 6.07) is 5.71. The van der Waals surface area contributed by atoms with Crippen molar-refractivity contribution in [2.45, 2.75) is 13.8 Å². The van der Waals surface area contributed by atoms with Crippen LogP contribution in [0, 0.1) is 13.8 Å². The molecule has 1 aromatic carbocycles. The van der Waals surface area contributed by atoms with Gasteiger partial charge in [0.25, 0.3) is 0 Å². The van der Waals surface area contributed by atoms with Crippen molar-refractivity contribution in [3.8, 4) is 0 Å². The summed E-state index contributed by atoms with van der Waals surface area (Å²) in [6.45, 7) is 4.04. The van der Waals surface area contributed by atoms with E-state index in [2.05, 4.69) is 31.4 Å². The minimum atomic E-state index is 0.293. The molecule has 0 saturated heterocycles. The molecule has 0 aliphatic heterocycles. The lowest BCUT2D eigenvalue weighted by molar-refractivity contribution is 1.03. The van der Waals surface area contributed by atoms with Crippen molar-refractivity contribution in [3.63, 3.8) is 0 Å². The van der Waals surface area contributed by atoms with Crippen LogP contribution in [0.4, 0.5) is 11.4 Å². The highest BCUT2D eigenvalue weighted by Crippen LogP contribution is 2.31. The fraction of sp³-hybridized carbons (Fsp3) is 0.167. The molecule has 2 aromatic rings. The molecule has 0 amide bonds. The zero-order valence-electron chi connectivity index (χ0n) is 9.76. The lowest BCUT2D eigenvalue weighted by atomic mass is 10.1. The van der Waals surface area contributed by atoms with Crippen LogP contribution in [0.3, 0.4) is 0 Å². The molecule has 3 nitrogen and oxygen atoms in total. The highest BCUT2D eigenvalue weighted by atomic mass is 79.9. The van der Waals surface area contributed by atoms with Crippen LogP contribution in [0.15, 0.2) is 22.7 Å². The number of hydrogen-bond acceptors (Lipinski definition) is 3. The van der Waals surface area contributed by atoms with Gasteiger partial charge in [0.15, 0.2) is 10.3 Å². The number of hydrogen-bond donors (Lipinski definition) is 1. The van der Waals surface area contributed by atoms with Crippen molar-refractivity contribution >= 4 is 50.5 Å². The van der Waals surface area contributed by atoms with Crippen LogP contribution in [-0.4, -0.2) is 10.2 Å². The van der Waals surface area contributed by atoms with Gasteiger partial charge in [-0.1, -0.05) is 39.1 Å². The van der Waals surface area contributed by atoms with E-state index in [1.807, 2.05) is 26.0 Å². The van der Waals surface area contributed by atoms with E-state index in [4.69, 9.17) is 23.2 Å². The molecule has 0 bridgehead atoms. The van der Waals surface area contributed by atoms with Gasteiger partial charge in [-0.15, -0.1) is 10.2 Å². The number of nitrogens with one attached hydrogen (secondary N) is 1. The van der Waals surface area contributed by atoms with Crippen LogP contribution >= 0.6 is 39.1 Å². The zero-order chi connectivity index (χ0) is 13.3. The maximum absolute atomic E-state index is 5.98. The van der Waals surface area contributed by atoms with E-state index in [1.54, 1.807) is 6.07 Å². The van der Waals surface area contributed by atoms with Crippen molar-refractivity contribution in [2.75, 3.05) is 5.32 Å². The monoisotopic (exact) mass is 345 g/mol. The quantitative estimate of drug-likeness (QED) is 0.839. The van der Waals surface area contributed by atoms with Crippen LogP contribution in [0.2, 0.25) is 10.3 Å². The van der Waals surface area contributed by atoms with Crippen molar-refractivity contribution in [1.82, 2.24) is 10.2 Å². The van der Waals surface area contributed by atoms with E-state index in [0.29, 0.717) is 16.0 Å². The van der Waals surface area contributed by atoms with Gasteiger partial charge < -0.3 is 5.32 Å². The van der Waals surface area contributed by atoms with E-state index >= 15 is 0 Å². The summed E-state index contributed by atoms with van der Waals surface area (Å²) in [7, 11) is 0. The van der Waals surface area contributed by atoms with E-state index < -0.39 is 0 Å². The first-order valence-electron chi connectivity index (χ1n) is 5.20. The SMILES string of the molecule is Cc1cc(Br)cc(C)c1Nc1cc(Cl)nnc1Cl. The van der Waals surface area contributed by atoms with Gasteiger partial charge in [0.05, 0.1) is 5.69 Å². The Balaban J connectivity index is 2.43. The second-order valence-corrected chi connectivity index (χ2v) is 5.57. The highest BCUT2D eigenvalue weighted by Gasteiger charge is 2.09. The Labute approximate surface area is 124 Å². The number of aromatic nitrogens is 2. The van der Waals surface area contributed by atoms with Gasteiger partial charge >= 0.3 is 0 Å². The maximum atomic E-state index is 5.98. The topological polar surface area (TPSA) is 37.8 Å². The fourth-order valence-electron chi connectivity index (χ4n) is 1.68. The molecule has 0 atom stereocenters. The van der Waals surface area contributed by atoms with E-state index in [9.17, 15) is 0 Å². The first-order chi connectivity index (χ1) is 8.47. The van der Waals surface area contributed by atoms with Gasteiger partial charge in [-0.2, -0.15) is 0 Å². The molecule has 94 valence electrons. The standard InChI is InChI=1S/C12H10BrCl2N3/c1-6-3-8(13)4-7(2)11(6)16-9-5-10(14)17-18-12(9)15/h3-5H,1-2H3,(H,16,17). The van der Waals surface area contributed by atoms with Crippen LogP contribution in [-0.2, 0) is 0 Å². The van der Waals surface area contributed by atoms with Gasteiger partial charge in [-0.05, 0) is 37.1 Å². The molecule has 0 radical (unpaired) electrons. The van der Waals surface area contributed by atoms with Crippen molar-refractivity contribution in [1.29, 1.82) is 0 Å². The molecule has 1 N–H and O–H groups in total. The summed E-state index contributed by atoms with van der Waals surface area (Å²) in [5, 5.41) is 11.3. The molecule has 18 heavy (non-hydrogen) atoms. The Kier molecular flexibility index (Phi) is 4.10. The van der Waals surface area contributed by atoms with Gasteiger partial charge in [-0.25, -0.2) is 0 Å². The maximum Gasteiger partial charge on any atom is 0.175 e.